The molecule has 0 bridgehead atoms. The molecule has 92 valence electrons. The molecule has 1 aliphatic rings. The molecule has 3 N–H and O–H groups in total. The molecule has 2 amide bonds. The van der Waals surface area contributed by atoms with Crippen molar-refractivity contribution in [2.45, 2.75) is 18.9 Å². The Morgan fingerprint density at radius 1 is 1.56 bits per heavy atom. The molecule has 0 saturated carbocycles. The van der Waals surface area contributed by atoms with Gasteiger partial charge in [0.1, 0.15) is 5.54 Å². The lowest BCUT2D eigenvalue weighted by molar-refractivity contribution is -0.133. The smallest absolute Gasteiger partial charge is 0.243 e. The summed E-state index contributed by atoms with van der Waals surface area (Å²) in [6, 6.07) is 0. The summed E-state index contributed by atoms with van der Waals surface area (Å²) < 4.78 is 5.08. The van der Waals surface area contributed by atoms with Gasteiger partial charge in [-0.3, -0.25) is 9.59 Å². The fraction of sp³-hybridized carbons (Fsp3) is 0.800. The molecule has 0 aromatic rings. The third kappa shape index (κ3) is 2.93. The zero-order valence-electron chi connectivity index (χ0n) is 9.78. The number of carbonyl (C=O) groups is 2. The molecule has 1 fully saturated rings. The number of hydrogen-bond donors (Lipinski definition) is 2. The summed E-state index contributed by atoms with van der Waals surface area (Å²) in [7, 11) is 1.69. The summed E-state index contributed by atoms with van der Waals surface area (Å²) in [4.78, 5) is 24.7. The van der Waals surface area contributed by atoms with E-state index in [2.05, 4.69) is 5.32 Å². The molecular weight excluding hydrogens is 210 g/mol. The molecule has 0 aliphatic carbocycles. The zero-order chi connectivity index (χ0) is 12.2. The highest BCUT2D eigenvalue weighted by Crippen LogP contribution is 2.15. The molecule has 0 radical (unpaired) electrons. The highest BCUT2D eigenvalue weighted by atomic mass is 16.5. The summed E-state index contributed by atoms with van der Waals surface area (Å²) in [6.07, 6.45) is 0.497. The van der Waals surface area contributed by atoms with E-state index in [0.29, 0.717) is 19.6 Å². The number of nitrogens with zero attached hydrogens (tertiary/aromatic N) is 1. The molecular formula is C10H19N3O3. The van der Waals surface area contributed by atoms with Gasteiger partial charge in [0, 0.05) is 20.2 Å². The highest BCUT2D eigenvalue weighted by Gasteiger charge is 2.38. The molecule has 6 nitrogen and oxygen atoms in total. The number of nitrogens with one attached hydrogen (secondary N) is 1. The van der Waals surface area contributed by atoms with Gasteiger partial charge in [-0.25, -0.2) is 0 Å². The summed E-state index contributed by atoms with van der Waals surface area (Å²) in [6.45, 7) is 3.19. The van der Waals surface area contributed by atoms with Crippen molar-refractivity contribution in [2.75, 3.05) is 33.4 Å². The van der Waals surface area contributed by atoms with Gasteiger partial charge in [-0.15, -0.1) is 0 Å². The fourth-order valence-electron chi connectivity index (χ4n) is 1.40. The van der Waals surface area contributed by atoms with Crippen LogP contribution in [0.5, 0.6) is 0 Å². The van der Waals surface area contributed by atoms with Crippen molar-refractivity contribution in [3.05, 3.63) is 0 Å². The fourth-order valence-corrected chi connectivity index (χ4v) is 1.40. The molecule has 1 unspecified atom stereocenters. The maximum Gasteiger partial charge on any atom is 0.243 e. The van der Waals surface area contributed by atoms with Crippen LogP contribution in [0.25, 0.3) is 0 Å². The lowest BCUT2D eigenvalue weighted by Crippen LogP contribution is -2.56. The number of ether oxygens (including phenoxy) is 1. The van der Waals surface area contributed by atoms with Crippen LogP contribution in [0.2, 0.25) is 0 Å². The second-order valence-electron chi connectivity index (χ2n) is 4.05. The van der Waals surface area contributed by atoms with Crippen LogP contribution in [0.4, 0.5) is 0 Å². The van der Waals surface area contributed by atoms with E-state index in [9.17, 15) is 9.59 Å². The summed E-state index contributed by atoms with van der Waals surface area (Å²) in [5.74, 6) is -0.443. The third-order valence-corrected chi connectivity index (χ3v) is 2.80. The number of carbonyl (C=O) groups excluding carboxylic acids is 2. The van der Waals surface area contributed by atoms with Crippen LogP contribution in [0.15, 0.2) is 0 Å². The number of rotatable bonds is 4. The molecule has 6 heteroatoms. The normalized spacial score (nSPS) is 24.2. The third-order valence-electron chi connectivity index (χ3n) is 2.80. The van der Waals surface area contributed by atoms with Gasteiger partial charge in [0.25, 0.3) is 0 Å². The lowest BCUT2D eigenvalue weighted by Gasteiger charge is -2.21. The van der Waals surface area contributed by atoms with Crippen LogP contribution in [0.3, 0.4) is 0 Å². The van der Waals surface area contributed by atoms with E-state index >= 15 is 0 Å². The predicted molar refractivity (Wildman–Crippen MR) is 58.7 cm³/mol. The quantitative estimate of drug-likeness (QED) is 0.627. The van der Waals surface area contributed by atoms with E-state index in [1.807, 2.05) is 6.92 Å². The zero-order valence-corrected chi connectivity index (χ0v) is 9.78. The van der Waals surface area contributed by atoms with Gasteiger partial charge in [-0.2, -0.15) is 0 Å². The number of hydrogen-bond acceptors (Lipinski definition) is 4. The van der Waals surface area contributed by atoms with Crippen LogP contribution in [0.1, 0.15) is 13.3 Å². The Labute approximate surface area is 95.1 Å². The topological polar surface area (TPSA) is 84.7 Å². The Hall–Kier alpha value is -1.14. The van der Waals surface area contributed by atoms with Gasteiger partial charge in [0.2, 0.25) is 11.8 Å². The Balaban J connectivity index is 2.38. The molecule has 16 heavy (non-hydrogen) atoms. The predicted octanol–water partition coefficient (Wildman–Crippen LogP) is -1.30. The average molecular weight is 229 g/mol. The lowest BCUT2D eigenvalue weighted by atomic mass is 9.99. The van der Waals surface area contributed by atoms with Crippen molar-refractivity contribution in [3.8, 4) is 0 Å². The number of amides is 2. The average Bonchev–Trinajstić information content (AvgIpc) is 2.72. The molecule has 0 aromatic heterocycles. The van der Waals surface area contributed by atoms with Crippen molar-refractivity contribution in [2.24, 2.45) is 5.73 Å². The van der Waals surface area contributed by atoms with E-state index in [4.69, 9.17) is 10.5 Å². The van der Waals surface area contributed by atoms with Crippen molar-refractivity contribution in [1.29, 1.82) is 0 Å². The van der Waals surface area contributed by atoms with Gasteiger partial charge >= 0.3 is 0 Å². The van der Waals surface area contributed by atoms with E-state index in [-0.39, 0.29) is 25.0 Å². The molecule has 1 heterocycles. The van der Waals surface area contributed by atoms with E-state index in [0.717, 1.165) is 0 Å². The van der Waals surface area contributed by atoms with Crippen molar-refractivity contribution < 1.29 is 14.3 Å². The van der Waals surface area contributed by atoms with Crippen LogP contribution in [-0.4, -0.2) is 55.6 Å². The number of nitrogens with two attached hydrogens (primary N) is 1. The van der Waals surface area contributed by atoms with Crippen molar-refractivity contribution in [3.63, 3.8) is 0 Å². The highest BCUT2D eigenvalue weighted by molar-refractivity contribution is 5.90. The van der Waals surface area contributed by atoms with Gasteiger partial charge < -0.3 is 20.7 Å². The Bertz CT molecular complexity index is 274. The Kier molecular flexibility index (Phi) is 4.26. The Morgan fingerprint density at radius 2 is 2.25 bits per heavy atom. The van der Waals surface area contributed by atoms with Gasteiger partial charge in [-0.05, 0) is 13.3 Å². The molecule has 0 aromatic carbocycles. The SMILES string of the molecule is CCN(C)C(=O)CNC(=O)C1(N)CCOC1. The largest absolute Gasteiger partial charge is 0.379 e. The van der Waals surface area contributed by atoms with E-state index < -0.39 is 5.54 Å². The van der Waals surface area contributed by atoms with Crippen LogP contribution < -0.4 is 11.1 Å². The van der Waals surface area contributed by atoms with Crippen LogP contribution in [-0.2, 0) is 14.3 Å². The first-order valence-corrected chi connectivity index (χ1v) is 5.38. The molecule has 1 aliphatic heterocycles. The van der Waals surface area contributed by atoms with E-state index in [1.165, 1.54) is 4.90 Å². The second kappa shape index (κ2) is 5.27. The van der Waals surface area contributed by atoms with Gasteiger partial charge in [-0.1, -0.05) is 0 Å². The monoisotopic (exact) mass is 229 g/mol. The minimum atomic E-state index is -0.967. The molecule has 0 spiro atoms. The molecule has 1 atom stereocenters. The summed E-state index contributed by atoms with van der Waals surface area (Å²) in [5, 5.41) is 2.54. The minimum Gasteiger partial charge on any atom is -0.379 e. The standard InChI is InChI=1S/C10H19N3O3/c1-3-13(2)8(14)6-12-9(15)10(11)4-5-16-7-10/h3-7,11H2,1-2H3,(H,12,15). The maximum atomic E-state index is 11.7. The second-order valence-corrected chi connectivity index (χ2v) is 4.05. The van der Waals surface area contributed by atoms with Crippen LogP contribution in [0, 0.1) is 0 Å². The van der Waals surface area contributed by atoms with Crippen molar-refractivity contribution >= 4 is 11.8 Å². The van der Waals surface area contributed by atoms with E-state index in [1.54, 1.807) is 7.05 Å². The first-order valence-electron chi connectivity index (χ1n) is 5.38. The van der Waals surface area contributed by atoms with Gasteiger partial charge in [0.15, 0.2) is 0 Å². The minimum absolute atomic E-state index is 0.0118. The van der Waals surface area contributed by atoms with Crippen molar-refractivity contribution in [1.82, 2.24) is 10.2 Å². The maximum absolute atomic E-state index is 11.7. The summed E-state index contributed by atoms with van der Waals surface area (Å²) >= 11 is 0. The molecule has 1 saturated heterocycles. The Morgan fingerprint density at radius 3 is 2.75 bits per heavy atom. The van der Waals surface area contributed by atoms with Gasteiger partial charge in [0.05, 0.1) is 13.2 Å². The summed E-state index contributed by atoms with van der Waals surface area (Å²) in [5.41, 5.74) is 4.87. The molecule has 1 rings (SSSR count). The number of likely N-dealkylation sites (N-methyl/N-ethyl adjacent to an activating group) is 1. The first-order chi connectivity index (χ1) is 7.49. The first kappa shape index (κ1) is 12.9. The van der Waals surface area contributed by atoms with Crippen LogP contribution >= 0.6 is 0 Å².